The molecule has 0 radical (unpaired) electrons. The van der Waals surface area contributed by atoms with Crippen molar-refractivity contribution in [3.05, 3.63) is 59.4 Å². The predicted octanol–water partition coefficient (Wildman–Crippen LogP) is 3.66. The minimum atomic E-state index is -0.588. The third-order valence-corrected chi connectivity index (χ3v) is 4.36. The summed E-state index contributed by atoms with van der Waals surface area (Å²) in [5.41, 5.74) is 4.45. The Kier molecular flexibility index (Phi) is 4.86. The summed E-state index contributed by atoms with van der Waals surface area (Å²) in [4.78, 5) is 4.63. The number of aliphatic hydroxyl groups excluding tert-OH is 1. The molecule has 2 aromatic carbocycles. The Balaban J connectivity index is 1.70. The molecule has 24 heavy (non-hydrogen) atoms. The molecule has 0 aliphatic heterocycles. The van der Waals surface area contributed by atoms with E-state index in [4.69, 9.17) is 4.74 Å². The lowest BCUT2D eigenvalue weighted by atomic mass is 10.1. The molecule has 4 nitrogen and oxygen atoms in total. The molecule has 0 amide bonds. The standard InChI is InChI=1S/C20H24N2O2/c1-4-20-21-18-7-5-6-8-19(18)22(20)12-16(23)13-24-17-10-9-14(2)15(3)11-17/h5-11,16,23H,4,12-13H2,1-3H3/t16-/m1/s1. The van der Waals surface area contributed by atoms with Crippen LogP contribution in [0.1, 0.15) is 23.9 Å². The third kappa shape index (κ3) is 3.44. The van der Waals surface area contributed by atoms with Crippen molar-refractivity contribution in [3.8, 4) is 5.75 Å². The number of aromatic nitrogens is 2. The minimum absolute atomic E-state index is 0.262. The van der Waals surface area contributed by atoms with E-state index in [1.165, 1.54) is 11.1 Å². The van der Waals surface area contributed by atoms with Gasteiger partial charge in [-0.1, -0.05) is 25.1 Å². The highest BCUT2D eigenvalue weighted by atomic mass is 16.5. The van der Waals surface area contributed by atoms with Gasteiger partial charge in [0, 0.05) is 6.42 Å². The van der Waals surface area contributed by atoms with Crippen LogP contribution in [0.2, 0.25) is 0 Å². The van der Waals surface area contributed by atoms with E-state index >= 15 is 0 Å². The van der Waals surface area contributed by atoms with Crippen LogP contribution in [0.4, 0.5) is 0 Å². The molecule has 0 saturated carbocycles. The molecule has 126 valence electrons. The van der Waals surface area contributed by atoms with E-state index in [0.29, 0.717) is 6.54 Å². The lowest BCUT2D eigenvalue weighted by Gasteiger charge is -2.16. The van der Waals surface area contributed by atoms with Gasteiger partial charge in [-0.2, -0.15) is 0 Å². The van der Waals surface area contributed by atoms with E-state index in [-0.39, 0.29) is 6.61 Å². The van der Waals surface area contributed by atoms with E-state index < -0.39 is 6.10 Å². The zero-order valence-electron chi connectivity index (χ0n) is 14.5. The van der Waals surface area contributed by atoms with Gasteiger partial charge in [0.25, 0.3) is 0 Å². The van der Waals surface area contributed by atoms with Crippen LogP contribution in [0.15, 0.2) is 42.5 Å². The summed E-state index contributed by atoms with van der Waals surface area (Å²) >= 11 is 0. The molecule has 0 fully saturated rings. The smallest absolute Gasteiger partial charge is 0.119 e. The second kappa shape index (κ2) is 7.05. The number of ether oxygens (including phenoxy) is 1. The van der Waals surface area contributed by atoms with Gasteiger partial charge in [-0.25, -0.2) is 4.98 Å². The van der Waals surface area contributed by atoms with Gasteiger partial charge in [0.2, 0.25) is 0 Å². The number of hydrogen-bond acceptors (Lipinski definition) is 3. The molecule has 1 aromatic heterocycles. The van der Waals surface area contributed by atoms with Gasteiger partial charge in [-0.05, 0) is 49.2 Å². The van der Waals surface area contributed by atoms with Crippen molar-refractivity contribution in [2.75, 3.05) is 6.61 Å². The summed E-state index contributed by atoms with van der Waals surface area (Å²) in [7, 11) is 0. The molecule has 3 rings (SSSR count). The van der Waals surface area contributed by atoms with Gasteiger partial charge in [-0.15, -0.1) is 0 Å². The zero-order valence-corrected chi connectivity index (χ0v) is 14.5. The average molecular weight is 324 g/mol. The zero-order chi connectivity index (χ0) is 17.1. The molecule has 4 heteroatoms. The highest BCUT2D eigenvalue weighted by Gasteiger charge is 2.13. The maximum absolute atomic E-state index is 10.4. The minimum Gasteiger partial charge on any atom is -0.491 e. The highest BCUT2D eigenvalue weighted by molar-refractivity contribution is 5.75. The summed E-state index contributed by atoms with van der Waals surface area (Å²) in [6.07, 6.45) is 0.244. The Morgan fingerprint density at radius 1 is 1.12 bits per heavy atom. The molecule has 3 aromatic rings. The normalized spacial score (nSPS) is 12.5. The fraction of sp³-hybridized carbons (Fsp3) is 0.350. The summed E-state index contributed by atoms with van der Waals surface area (Å²) in [6, 6.07) is 14.0. The molecule has 1 heterocycles. The number of hydrogen-bond donors (Lipinski definition) is 1. The van der Waals surface area contributed by atoms with Crippen molar-refractivity contribution in [2.45, 2.75) is 39.8 Å². The maximum Gasteiger partial charge on any atom is 0.119 e. The quantitative estimate of drug-likeness (QED) is 0.753. The van der Waals surface area contributed by atoms with Gasteiger partial charge in [-0.3, -0.25) is 0 Å². The fourth-order valence-electron chi connectivity index (χ4n) is 2.86. The van der Waals surface area contributed by atoms with Gasteiger partial charge < -0.3 is 14.4 Å². The summed E-state index contributed by atoms with van der Waals surface area (Å²) in [5.74, 6) is 1.78. The number of imidazole rings is 1. The molecule has 0 saturated heterocycles. The van der Waals surface area contributed by atoms with Gasteiger partial charge >= 0.3 is 0 Å². The van der Waals surface area contributed by atoms with E-state index in [0.717, 1.165) is 29.0 Å². The molecule has 0 aliphatic rings. The summed E-state index contributed by atoms with van der Waals surface area (Å²) in [6.45, 7) is 6.95. The van der Waals surface area contributed by atoms with Crippen LogP contribution in [0, 0.1) is 13.8 Å². The van der Waals surface area contributed by atoms with Crippen LogP contribution in [0.5, 0.6) is 5.75 Å². The Morgan fingerprint density at radius 2 is 1.92 bits per heavy atom. The van der Waals surface area contributed by atoms with Gasteiger partial charge in [0.1, 0.15) is 24.3 Å². The van der Waals surface area contributed by atoms with Crippen LogP contribution in [0.3, 0.4) is 0 Å². The largest absolute Gasteiger partial charge is 0.491 e. The van der Waals surface area contributed by atoms with Crippen molar-refractivity contribution in [1.82, 2.24) is 9.55 Å². The first kappa shape index (κ1) is 16.5. The third-order valence-electron chi connectivity index (χ3n) is 4.36. The SMILES string of the molecule is CCc1nc2ccccc2n1C[C@@H](O)COc1ccc(C)c(C)c1. The van der Waals surface area contributed by atoms with Crippen molar-refractivity contribution < 1.29 is 9.84 Å². The summed E-state index contributed by atoms with van der Waals surface area (Å²) < 4.78 is 7.84. The predicted molar refractivity (Wildman–Crippen MR) is 96.5 cm³/mol. The molecule has 0 bridgehead atoms. The lowest BCUT2D eigenvalue weighted by Crippen LogP contribution is -2.24. The van der Waals surface area contributed by atoms with Crippen molar-refractivity contribution in [2.24, 2.45) is 0 Å². The molecule has 0 aliphatic carbocycles. The first-order chi connectivity index (χ1) is 11.6. The molecule has 1 atom stereocenters. The number of para-hydroxylation sites is 2. The van der Waals surface area contributed by atoms with E-state index in [2.05, 4.69) is 30.3 Å². The first-order valence-corrected chi connectivity index (χ1v) is 8.40. The number of aliphatic hydroxyl groups is 1. The van der Waals surface area contributed by atoms with Crippen LogP contribution in [0.25, 0.3) is 11.0 Å². The average Bonchev–Trinajstić information content (AvgIpc) is 2.94. The number of benzene rings is 2. The molecular formula is C20H24N2O2. The molecular weight excluding hydrogens is 300 g/mol. The molecule has 0 unspecified atom stereocenters. The first-order valence-electron chi connectivity index (χ1n) is 8.40. The van der Waals surface area contributed by atoms with Crippen molar-refractivity contribution >= 4 is 11.0 Å². The second-order valence-corrected chi connectivity index (χ2v) is 6.19. The number of rotatable bonds is 6. The van der Waals surface area contributed by atoms with E-state index in [9.17, 15) is 5.11 Å². The van der Waals surface area contributed by atoms with Crippen LogP contribution in [-0.2, 0) is 13.0 Å². The van der Waals surface area contributed by atoms with Gasteiger partial charge in [0.05, 0.1) is 17.6 Å². The number of fused-ring (bicyclic) bond motifs is 1. The Hall–Kier alpha value is -2.33. The van der Waals surface area contributed by atoms with E-state index in [1.54, 1.807) is 0 Å². The van der Waals surface area contributed by atoms with Crippen molar-refractivity contribution in [3.63, 3.8) is 0 Å². The Morgan fingerprint density at radius 3 is 2.67 bits per heavy atom. The van der Waals surface area contributed by atoms with Crippen LogP contribution in [-0.4, -0.2) is 27.4 Å². The van der Waals surface area contributed by atoms with Crippen LogP contribution >= 0.6 is 0 Å². The van der Waals surface area contributed by atoms with Crippen LogP contribution < -0.4 is 4.74 Å². The summed E-state index contributed by atoms with van der Waals surface area (Å²) in [5, 5.41) is 10.4. The van der Waals surface area contributed by atoms with E-state index in [1.807, 2.05) is 42.5 Å². The lowest BCUT2D eigenvalue weighted by molar-refractivity contribution is 0.0927. The Labute approximate surface area is 142 Å². The highest BCUT2D eigenvalue weighted by Crippen LogP contribution is 2.19. The molecule has 0 spiro atoms. The second-order valence-electron chi connectivity index (χ2n) is 6.19. The van der Waals surface area contributed by atoms with Gasteiger partial charge in [0.15, 0.2) is 0 Å². The molecule has 1 N–H and O–H groups in total. The van der Waals surface area contributed by atoms with Crippen molar-refractivity contribution in [1.29, 1.82) is 0 Å². The topological polar surface area (TPSA) is 47.3 Å². The number of nitrogens with zero attached hydrogens (tertiary/aromatic N) is 2. The number of aryl methyl sites for hydroxylation is 3. The maximum atomic E-state index is 10.4. The monoisotopic (exact) mass is 324 g/mol. The fourth-order valence-corrected chi connectivity index (χ4v) is 2.86. The Bertz CT molecular complexity index is 839.